The number of hydrogen-bond acceptors (Lipinski definition) is 6. The first kappa shape index (κ1) is 34.8. The number of esters is 1. The molecule has 3 N–H and O–H groups in total. The van der Waals surface area contributed by atoms with Gasteiger partial charge in [0.1, 0.15) is 19.0 Å². The summed E-state index contributed by atoms with van der Waals surface area (Å²) in [5, 5.41) is 15.8. The van der Waals surface area contributed by atoms with Crippen molar-refractivity contribution in [2.75, 3.05) is 13.2 Å². The number of carbonyl (C=O) groups is 3. The Morgan fingerprint density at radius 3 is 2.18 bits per heavy atom. The lowest BCUT2D eigenvalue weighted by Crippen LogP contribution is -2.42. The van der Waals surface area contributed by atoms with Gasteiger partial charge in [0.2, 0.25) is 11.8 Å². The van der Waals surface area contributed by atoms with Gasteiger partial charge in [0.25, 0.3) is 0 Å². The molecular weight excluding hydrogens is 568 g/mol. The second kappa shape index (κ2) is 19.6. The van der Waals surface area contributed by atoms with Crippen LogP contribution in [0.1, 0.15) is 54.8 Å². The molecule has 3 rings (SSSR count). The van der Waals surface area contributed by atoms with E-state index in [9.17, 15) is 19.5 Å². The van der Waals surface area contributed by atoms with Crippen molar-refractivity contribution in [3.63, 3.8) is 0 Å². The summed E-state index contributed by atoms with van der Waals surface area (Å²) in [5.41, 5.74) is 2.77. The molecule has 0 unspecified atom stereocenters. The van der Waals surface area contributed by atoms with Crippen LogP contribution in [-0.2, 0) is 32.1 Å². The molecule has 8 nitrogen and oxygen atoms in total. The van der Waals surface area contributed by atoms with Crippen molar-refractivity contribution in [1.29, 1.82) is 0 Å². The van der Waals surface area contributed by atoms with E-state index in [-0.39, 0.29) is 50.3 Å². The number of aliphatic hydroxyl groups is 1. The maximum atomic E-state index is 13.4. The highest BCUT2D eigenvalue weighted by atomic mass is 16.5. The van der Waals surface area contributed by atoms with Gasteiger partial charge in [-0.15, -0.1) is 13.2 Å². The third kappa shape index (κ3) is 12.8. The van der Waals surface area contributed by atoms with Gasteiger partial charge in [-0.1, -0.05) is 84.9 Å². The Bertz CT molecular complexity index is 1340. The van der Waals surface area contributed by atoms with Crippen LogP contribution in [0.25, 0.3) is 0 Å². The molecule has 2 amide bonds. The molecular formula is C37H44N2O6. The fraction of sp³-hybridized carbons (Fsp3) is 0.324. The topological polar surface area (TPSA) is 114 Å². The van der Waals surface area contributed by atoms with Crippen LogP contribution in [0.5, 0.6) is 5.75 Å². The number of ether oxygens (including phenoxy) is 2. The zero-order valence-corrected chi connectivity index (χ0v) is 25.7. The molecule has 0 saturated carbocycles. The van der Waals surface area contributed by atoms with E-state index in [4.69, 9.17) is 9.47 Å². The van der Waals surface area contributed by atoms with Crippen molar-refractivity contribution in [3.05, 3.63) is 127 Å². The largest absolute Gasteiger partial charge is 0.489 e. The Morgan fingerprint density at radius 1 is 0.844 bits per heavy atom. The molecule has 0 bridgehead atoms. The number of benzene rings is 3. The molecule has 0 aliphatic heterocycles. The molecule has 45 heavy (non-hydrogen) atoms. The van der Waals surface area contributed by atoms with Crippen LogP contribution in [0, 0.1) is 5.92 Å². The van der Waals surface area contributed by atoms with Crippen LogP contribution < -0.4 is 15.4 Å². The normalized spacial score (nSPS) is 12.6. The van der Waals surface area contributed by atoms with Crippen molar-refractivity contribution in [3.8, 4) is 5.75 Å². The van der Waals surface area contributed by atoms with Gasteiger partial charge in [-0.2, -0.15) is 0 Å². The van der Waals surface area contributed by atoms with Gasteiger partial charge >= 0.3 is 5.97 Å². The minimum absolute atomic E-state index is 0.0294. The second-order valence-corrected chi connectivity index (χ2v) is 10.8. The van der Waals surface area contributed by atoms with Gasteiger partial charge in [0.15, 0.2) is 0 Å². The summed E-state index contributed by atoms with van der Waals surface area (Å²) in [4.78, 5) is 38.6. The van der Waals surface area contributed by atoms with E-state index in [1.54, 1.807) is 12.2 Å². The van der Waals surface area contributed by atoms with Crippen LogP contribution >= 0.6 is 0 Å². The molecule has 0 aliphatic rings. The first-order chi connectivity index (χ1) is 21.9. The quantitative estimate of drug-likeness (QED) is 0.0867. The molecule has 3 aromatic carbocycles. The average molecular weight is 613 g/mol. The number of carbonyl (C=O) groups excluding carboxylic acids is 3. The molecule has 0 aromatic heterocycles. The van der Waals surface area contributed by atoms with E-state index in [0.29, 0.717) is 25.9 Å². The second-order valence-electron chi connectivity index (χ2n) is 10.8. The lowest BCUT2D eigenvalue weighted by atomic mass is 9.97. The highest BCUT2D eigenvalue weighted by Crippen LogP contribution is 2.19. The number of hydrogen-bond donors (Lipinski definition) is 3. The van der Waals surface area contributed by atoms with E-state index in [2.05, 4.69) is 23.8 Å². The summed E-state index contributed by atoms with van der Waals surface area (Å²) in [6.45, 7) is 7.59. The fourth-order valence-corrected chi connectivity index (χ4v) is 4.74. The predicted octanol–water partition coefficient (Wildman–Crippen LogP) is 5.62. The monoisotopic (exact) mass is 612 g/mol. The van der Waals surface area contributed by atoms with Gasteiger partial charge < -0.3 is 25.2 Å². The molecule has 0 fully saturated rings. The van der Waals surface area contributed by atoms with E-state index in [1.807, 2.05) is 84.9 Å². The van der Waals surface area contributed by atoms with Gasteiger partial charge in [0.05, 0.1) is 24.6 Å². The Morgan fingerprint density at radius 2 is 1.53 bits per heavy atom. The van der Waals surface area contributed by atoms with E-state index in [1.165, 1.54) is 0 Å². The highest BCUT2D eigenvalue weighted by molar-refractivity contribution is 5.86. The summed E-state index contributed by atoms with van der Waals surface area (Å²) in [7, 11) is 0. The van der Waals surface area contributed by atoms with E-state index >= 15 is 0 Å². The molecule has 0 aliphatic carbocycles. The zero-order valence-electron chi connectivity index (χ0n) is 25.7. The van der Waals surface area contributed by atoms with Crippen molar-refractivity contribution in [2.24, 2.45) is 5.92 Å². The zero-order chi connectivity index (χ0) is 32.3. The molecule has 0 heterocycles. The molecule has 3 atom stereocenters. The van der Waals surface area contributed by atoms with Gasteiger partial charge in [-0.25, -0.2) is 0 Å². The van der Waals surface area contributed by atoms with Gasteiger partial charge in [-0.3, -0.25) is 14.4 Å². The number of rotatable bonds is 20. The van der Waals surface area contributed by atoms with Crippen LogP contribution in [0.4, 0.5) is 0 Å². The Hall–Kier alpha value is -4.69. The third-order valence-electron chi connectivity index (χ3n) is 7.21. The highest BCUT2D eigenvalue weighted by Gasteiger charge is 2.26. The van der Waals surface area contributed by atoms with Crippen molar-refractivity contribution in [1.82, 2.24) is 10.6 Å². The van der Waals surface area contributed by atoms with Crippen LogP contribution in [0.15, 0.2) is 110 Å². The first-order valence-electron chi connectivity index (χ1n) is 15.3. The lowest BCUT2D eigenvalue weighted by molar-refractivity contribution is -0.145. The number of allylic oxidation sites excluding steroid dienone is 2. The predicted molar refractivity (Wildman–Crippen MR) is 175 cm³/mol. The maximum Gasteiger partial charge on any atom is 0.305 e. The molecule has 0 spiro atoms. The number of nitrogens with one attached hydrogen (secondary N) is 2. The third-order valence-corrected chi connectivity index (χ3v) is 7.21. The Labute approximate surface area is 266 Å². The summed E-state index contributed by atoms with van der Waals surface area (Å²) in [6, 6.07) is 25.5. The average Bonchev–Trinajstić information content (AvgIpc) is 3.06. The number of amides is 2. The van der Waals surface area contributed by atoms with Crippen LogP contribution in [-0.4, -0.2) is 42.1 Å². The SMILES string of the molecule is C=CCCCC(=O)OC[C@@H](NC(=O)[C@@H](CC=C)CC(=O)N[C@H](CO)Cc1ccc(OCc2ccccc2)cc1)c1ccccc1. The van der Waals surface area contributed by atoms with Crippen molar-refractivity contribution in [2.45, 2.75) is 57.2 Å². The molecule has 0 saturated heterocycles. The summed E-state index contributed by atoms with van der Waals surface area (Å²) in [5.74, 6) is -1.03. The summed E-state index contributed by atoms with van der Waals surface area (Å²) < 4.78 is 11.3. The minimum atomic E-state index is -0.697. The molecule has 3 aromatic rings. The van der Waals surface area contributed by atoms with E-state index in [0.717, 1.165) is 22.4 Å². The minimum Gasteiger partial charge on any atom is -0.489 e. The lowest BCUT2D eigenvalue weighted by Gasteiger charge is -2.23. The van der Waals surface area contributed by atoms with Gasteiger partial charge in [-0.05, 0) is 54.5 Å². The van der Waals surface area contributed by atoms with Gasteiger partial charge in [0, 0.05) is 12.8 Å². The van der Waals surface area contributed by atoms with Crippen LogP contribution in [0.3, 0.4) is 0 Å². The smallest absolute Gasteiger partial charge is 0.305 e. The Kier molecular flexibility index (Phi) is 15.1. The maximum absolute atomic E-state index is 13.4. The standard InChI is InChI=1S/C37H44N2O6/c1-3-5-8-18-36(42)45-27-34(30-16-11-7-12-17-30)39-37(43)31(13-4-2)24-35(41)38-32(25-40)23-28-19-21-33(22-20-28)44-26-29-14-9-6-10-15-29/h3-4,6-7,9-12,14-17,19-22,31-32,34,40H,1-2,5,8,13,18,23-27H2,(H,38,41)(H,39,43)/t31-,32-,34+/m0/s1. The molecule has 238 valence electrons. The molecule has 0 radical (unpaired) electrons. The summed E-state index contributed by atoms with van der Waals surface area (Å²) >= 11 is 0. The fourth-order valence-electron chi connectivity index (χ4n) is 4.74. The number of aliphatic hydroxyl groups excluding tert-OH is 1. The molecule has 8 heteroatoms. The van der Waals surface area contributed by atoms with Crippen molar-refractivity contribution >= 4 is 17.8 Å². The van der Waals surface area contributed by atoms with Crippen LogP contribution in [0.2, 0.25) is 0 Å². The van der Waals surface area contributed by atoms with Crippen molar-refractivity contribution < 1.29 is 29.0 Å². The first-order valence-corrected chi connectivity index (χ1v) is 15.3. The van der Waals surface area contributed by atoms with E-state index < -0.39 is 18.0 Å². The summed E-state index contributed by atoms with van der Waals surface area (Å²) in [6.07, 6.45) is 5.56. The number of unbranched alkanes of at least 4 members (excludes halogenated alkanes) is 1. The Balaban J connectivity index is 1.55.